The van der Waals surface area contributed by atoms with E-state index in [1.165, 1.54) is 18.6 Å². The summed E-state index contributed by atoms with van der Waals surface area (Å²) in [7, 11) is 3.89. The van der Waals surface area contributed by atoms with Crippen molar-refractivity contribution in [3.63, 3.8) is 0 Å². The van der Waals surface area contributed by atoms with E-state index in [2.05, 4.69) is 0 Å². The number of carboxylic acid groups (broad SMARTS) is 1. The van der Waals surface area contributed by atoms with Crippen molar-refractivity contribution >= 4 is 27.6 Å². The molecule has 1 fully saturated rings. The smallest absolute Gasteiger partial charge is 0.550 e. The molecule has 5 heteroatoms. The molecule has 0 aromatic carbocycles. The number of rotatable bonds is 5. The van der Waals surface area contributed by atoms with E-state index in [4.69, 9.17) is 0 Å². The second-order valence-electron chi connectivity index (χ2n) is 2.95. The van der Waals surface area contributed by atoms with Gasteiger partial charge in [-0.1, -0.05) is 28.0 Å². The van der Waals surface area contributed by atoms with Crippen LogP contribution in [0, 0.1) is 0 Å². The summed E-state index contributed by atoms with van der Waals surface area (Å²) in [4.78, 5) is 10.1. The molecule has 0 spiro atoms. The van der Waals surface area contributed by atoms with Crippen LogP contribution in [0.5, 0.6) is 0 Å². The second-order valence-corrected chi connectivity index (χ2v) is 5.73. The largest absolute Gasteiger partial charge is 1.00 e. The summed E-state index contributed by atoms with van der Waals surface area (Å²) in [5.74, 6) is 0.346. The van der Waals surface area contributed by atoms with E-state index in [0.717, 1.165) is 18.1 Å². The zero-order chi connectivity index (χ0) is 8.81. The van der Waals surface area contributed by atoms with Crippen molar-refractivity contribution in [1.29, 1.82) is 0 Å². The maximum Gasteiger partial charge on any atom is 1.00 e. The molecule has 1 heterocycles. The number of carbonyl (C=O) groups excluding carboxylic acids is 1. The molecule has 1 aliphatic rings. The molecule has 70 valence electrons. The van der Waals surface area contributed by atoms with E-state index < -0.39 is 5.97 Å². The third-order valence-electron chi connectivity index (χ3n) is 1.88. The number of carboxylic acids is 1. The van der Waals surface area contributed by atoms with Crippen LogP contribution in [0.2, 0.25) is 0 Å². The van der Waals surface area contributed by atoms with Crippen molar-refractivity contribution in [2.24, 2.45) is 0 Å². The molecular formula is C8H13NaO2S2. The fraction of sp³-hybridized carbons (Fsp3) is 0.875. The predicted molar refractivity (Wildman–Crippen MR) is 51.9 cm³/mol. The van der Waals surface area contributed by atoms with Gasteiger partial charge in [0.05, 0.1) is 0 Å². The van der Waals surface area contributed by atoms with E-state index in [1.807, 2.05) is 21.6 Å². The minimum atomic E-state index is -0.913. The van der Waals surface area contributed by atoms with Crippen molar-refractivity contribution in [3.05, 3.63) is 0 Å². The molecule has 0 aromatic rings. The first-order chi connectivity index (χ1) is 5.79. The third-order valence-corrected chi connectivity index (χ3v) is 4.89. The molecule has 1 atom stereocenters. The van der Waals surface area contributed by atoms with Gasteiger partial charge < -0.3 is 9.90 Å². The Morgan fingerprint density at radius 3 is 2.77 bits per heavy atom. The van der Waals surface area contributed by atoms with Crippen LogP contribution in [0.15, 0.2) is 0 Å². The van der Waals surface area contributed by atoms with Gasteiger partial charge in [-0.15, -0.1) is 0 Å². The van der Waals surface area contributed by atoms with Crippen molar-refractivity contribution < 1.29 is 39.5 Å². The average molecular weight is 228 g/mol. The average Bonchev–Trinajstić information content (AvgIpc) is 2.49. The van der Waals surface area contributed by atoms with Gasteiger partial charge in [0.25, 0.3) is 0 Å². The van der Waals surface area contributed by atoms with Gasteiger partial charge in [-0.25, -0.2) is 0 Å². The van der Waals surface area contributed by atoms with Crippen LogP contribution in [0.4, 0.5) is 0 Å². The summed E-state index contributed by atoms with van der Waals surface area (Å²) in [5.41, 5.74) is 0. The maximum atomic E-state index is 10.1. The van der Waals surface area contributed by atoms with Crippen LogP contribution >= 0.6 is 21.6 Å². The van der Waals surface area contributed by atoms with Gasteiger partial charge in [-0.05, 0) is 25.7 Å². The summed E-state index contributed by atoms with van der Waals surface area (Å²) < 4.78 is 0. The Morgan fingerprint density at radius 1 is 1.46 bits per heavy atom. The molecule has 1 aliphatic heterocycles. The second kappa shape index (κ2) is 8.48. The monoisotopic (exact) mass is 228 g/mol. The van der Waals surface area contributed by atoms with Crippen LogP contribution < -0.4 is 34.7 Å². The van der Waals surface area contributed by atoms with Gasteiger partial charge in [0, 0.05) is 17.0 Å². The number of aliphatic carboxylic acids is 1. The molecule has 0 radical (unpaired) electrons. The molecule has 0 bridgehead atoms. The number of hydrogen-bond donors (Lipinski definition) is 0. The van der Waals surface area contributed by atoms with Crippen LogP contribution in [0.25, 0.3) is 0 Å². The Morgan fingerprint density at radius 2 is 2.23 bits per heavy atom. The zero-order valence-electron chi connectivity index (χ0n) is 7.95. The Hall–Kier alpha value is 1.17. The molecule has 13 heavy (non-hydrogen) atoms. The summed E-state index contributed by atoms with van der Waals surface area (Å²) in [5, 5.41) is 10.8. The summed E-state index contributed by atoms with van der Waals surface area (Å²) in [6, 6.07) is 0. The van der Waals surface area contributed by atoms with E-state index >= 15 is 0 Å². The molecule has 0 N–H and O–H groups in total. The SMILES string of the molecule is O=C([O-])CCCC[C@@H]1CCSS1.[Na+]. The Kier molecular flexibility index (Phi) is 9.24. The van der Waals surface area contributed by atoms with Gasteiger partial charge in [-0.3, -0.25) is 0 Å². The van der Waals surface area contributed by atoms with Gasteiger partial charge in [0.15, 0.2) is 0 Å². The van der Waals surface area contributed by atoms with Crippen LogP contribution in [0.3, 0.4) is 0 Å². The number of hydrogen-bond acceptors (Lipinski definition) is 4. The quantitative estimate of drug-likeness (QED) is 0.325. The van der Waals surface area contributed by atoms with E-state index in [9.17, 15) is 9.90 Å². The van der Waals surface area contributed by atoms with Crippen LogP contribution in [-0.4, -0.2) is 17.0 Å². The molecule has 1 rings (SSSR count). The van der Waals surface area contributed by atoms with Crippen molar-refractivity contribution in [2.75, 3.05) is 5.75 Å². The first-order valence-electron chi connectivity index (χ1n) is 4.27. The summed E-state index contributed by atoms with van der Waals surface area (Å²) in [6.07, 6.45) is 4.51. The Labute approximate surface area is 109 Å². The first kappa shape index (κ1) is 14.2. The van der Waals surface area contributed by atoms with E-state index in [1.54, 1.807) is 0 Å². The normalized spacial score (nSPS) is 21.1. The fourth-order valence-corrected chi connectivity index (χ4v) is 4.23. The summed E-state index contributed by atoms with van der Waals surface area (Å²) >= 11 is 0. The first-order valence-corrected chi connectivity index (χ1v) is 6.65. The van der Waals surface area contributed by atoms with Crippen LogP contribution in [-0.2, 0) is 4.79 Å². The Balaban J connectivity index is 0.00000144. The molecule has 0 saturated carbocycles. The van der Waals surface area contributed by atoms with Crippen molar-refractivity contribution in [2.45, 2.75) is 37.4 Å². The number of unbranched alkanes of at least 4 members (excludes halogenated alkanes) is 1. The molecule has 0 unspecified atom stereocenters. The molecule has 0 aromatic heterocycles. The van der Waals surface area contributed by atoms with E-state index in [0.29, 0.717) is 0 Å². The number of carbonyl (C=O) groups is 1. The molecular weight excluding hydrogens is 215 g/mol. The topological polar surface area (TPSA) is 40.1 Å². The molecule has 0 aliphatic carbocycles. The van der Waals surface area contributed by atoms with Crippen molar-refractivity contribution in [3.8, 4) is 0 Å². The Bertz CT molecular complexity index is 149. The van der Waals surface area contributed by atoms with Gasteiger partial charge >= 0.3 is 29.6 Å². The summed E-state index contributed by atoms with van der Waals surface area (Å²) in [6.45, 7) is 0. The van der Waals surface area contributed by atoms with Crippen molar-refractivity contribution in [1.82, 2.24) is 0 Å². The van der Waals surface area contributed by atoms with Gasteiger partial charge in [-0.2, -0.15) is 0 Å². The molecule has 0 amide bonds. The third kappa shape index (κ3) is 7.14. The van der Waals surface area contributed by atoms with Gasteiger partial charge in [0.1, 0.15) is 0 Å². The zero-order valence-corrected chi connectivity index (χ0v) is 11.6. The molecule has 2 nitrogen and oxygen atoms in total. The predicted octanol–water partition coefficient (Wildman–Crippen LogP) is -1.55. The minimum absolute atomic E-state index is 0. The van der Waals surface area contributed by atoms with E-state index in [-0.39, 0.29) is 36.0 Å². The van der Waals surface area contributed by atoms with Crippen LogP contribution in [0.1, 0.15) is 32.1 Å². The fourth-order valence-electron chi connectivity index (χ4n) is 1.21. The minimum Gasteiger partial charge on any atom is -0.550 e. The van der Waals surface area contributed by atoms with Gasteiger partial charge in [0.2, 0.25) is 0 Å². The molecule has 1 saturated heterocycles. The standard InChI is InChI=1S/C8H14O2S2.Na/c9-8(10)4-2-1-3-7-5-6-11-12-7;/h7H,1-6H2,(H,9,10);/q;+1/p-1/t7-;/m1./s1. The maximum absolute atomic E-state index is 10.1.